The smallest absolute Gasteiger partial charge is 0.0499 e. The van der Waals surface area contributed by atoms with E-state index in [9.17, 15) is 5.11 Å². The first-order chi connectivity index (χ1) is 8.63. The Morgan fingerprint density at radius 2 is 1.83 bits per heavy atom. The van der Waals surface area contributed by atoms with Gasteiger partial charge in [0.15, 0.2) is 0 Å². The molecule has 0 amide bonds. The minimum atomic E-state index is 0.214. The van der Waals surface area contributed by atoms with E-state index in [1.807, 2.05) is 0 Å². The fourth-order valence-electron chi connectivity index (χ4n) is 4.06. The second kappa shape index (κ2) is 6.38. The molecular formula is C16H31NO. The van der Waals surface area contributed by atoms with E-state index in [0.717, 1.165) is 18.4 Å². The van der Waals surface area contributed by atoms with Gasteiger partial charge in [-0.2, -0.15) is 0 Å². The fraction of sp³-hybridized carbons (Fsp3) is 1.00. The average Bonchev–Trinajstić information content (AvgIpc) is 2.54. The normalized spacial score (nSPS) is 39.5. The first-order valence-corrected chi connectivity index (χ1v) is 7.97. The summed E-state index contributed by atoms with van der Waals surface area (Å²) in [6.45, 7) is 8.77. The zero-order valence-electron chi connectivity index (χ0n) is 12.3. The van der Waals surface area contributed by atoms with Gasteiger partial charge in [0.25, 0.3) is 0 Å². The van der Waals surface area contributed by atoms with Crippen LogP contribution >= 0.6 is 0 Å². The molecule has 0 aromatic rings. The molecule has 1 saturated heterocycles. The largest absolute Gasteiger partial charge is 0.396 e. The molecule has 1 aliphatic heterocycles. The van der Waals surface area contributed by atoms with Crippen LogP contribution in [-0.4, -0.2) is 36.2 Å². The van der Waals surface area contributed by atoms with Gasteiger partial charge in [-0.05, 0) is 57.0 Å². The molecule has 2 fully saturated rings. The van der Waals surface area contributed by atoms with Gasteiger partial charge in [-0.25, -0.2) is 0 Å². The van der Waals surface area contributed by atoms with Crippen LogP contribution in [0.25, 0.3) is 0 Å². The molecule has 2 aliphatic rings. The lowest BCUT2D eigenvalue weighted by Crippen LogP contribution is -2.43. The summed E-state index contributed by atoms with van der Waals surface area (Å²) in [5.41, 5.74) is 0.214. The first kappa shape index (κ1) is 14.3. The van der Waals surface area contributed by atoms with Crippen LogP contribution in [0.15, 0.2) is 0 Å². The molecule has 0 spiro atoms. The maximum atomic E-state index is 9.89. The zero-order chi connectivity index (χ0) is 13.0. The molecule has 0 bridgehead atoms. The quantitative estimate of drug-likeness (QED) is 0.834. The van der Waals surface area contributed by atoms with Crippen LogP contribution in [0.1, 0.15) is 58.8 Å². The van der Waals surface area contributed by atoms with Crippen molar-refractivity contribution in [3.8, 4) is 0 Å². The molecule has 3 unspecified atom stereocenters. The lowest BCUT2D eigenvalue weighted by Gasteiger charge is -2.42. The monoisotopic (exact) mass is 253 g/mol. The summed E-state index contributed by atoms with van der Waals surface area (Å²) in [7, 11) is 0. The summed E-state index contributed by atoms with van der Waals surface area (Å²) in [6, 6.07) is 0. The van der Waals surface area contributed by atoms with Crippen molar-refractivity contribution in [2.75, 3.05) is 26.2 Å². The van der Waals surface area contributed by atoms with E-state index in [1.54, 1.807) is 0 Å². The van der Waals surface area contributed by atoms with Gasteiger partial charge >= 0.3 is 0 Å². The van der Waals surface area contributed by atoms with Gasteiger partial charge in [0, 0.05) is 18.6 Å². The number of hydrogen-bond donors (Lipinski definition) is 1. The van der Waals surface area contributed by atoms with Gasteiger partial charge < -0.3 is 10.0 Å². The van der Waals surface area contributed by atoms with E-state index in [-0.39, 0.29) is 5.41 Å². The van der Waals surface area contributed by atoms with Crippen molar-refractivity contribution in [2.45, 2.75) is 58.8 Å². The Labute approximate surface area is 113 Å². The Kier molecular flexibility index (Phi) is 5.08. The topological polar surface area (TPSA) is 23.5 Å². The Hall–Kier alpha value is -0.0800. The first-order valence-electron chi connectivity index (χ1n) is 7.97. The molecule has 1 heterocycles. The van der Waals surface area contributed by atoms with Crippen LogP contribution in [0.4, 0.5) is 0 Å². The number of rotatable bonds is 3. The Bertz CT molecular complexity index is 255. The summed E-state index contributed by atoms with van der Waals surface area (Å²) < 4.78 is 0. The van der Waals surface area contributed by atoms with Crippen LogP contribution in [0.5, 0.6) is 0 Å². The van der Waals surface area contributed by atoms with E-state index in [0.29, 0.717) is 6.61 Å². The molecule has 2 heteroatoms. The second-order valence-corrected chi connectivity index (χ2v) is 7.17. The minimum absolute atomic E-state index is 0.214. The highest BCUT2D eigenvalue weighted by atomic mass is 16.3. The Morgan fingerprint density at radius 1 is 1.06 bits per heavy atom. The van der Waals surface area contributed by atoms with Crippen LogP contribution in [0.3, 0.4) is 0 Å². The molecule has 1 N–H and O–H groups in total. The van der Waals surface area contributed by atoms with Gasteiger partial charge in [0.1, 0.15) is 0 Å². The predicted octanol–water partition coefficient (Wildman–Crippen LogP) is 3.30. The fourth-order valence-corrected chi connectivity index (χ4v) is 4.06. The molecule has 0 aromatic carbocycles. The highest BCUT2D eigenvalue weighted by Gasteiger charge is 2.36. The molecular weight excluding hydrogens is 222 g/mol. The van der Waals surface area contributed by atoms with Gasteiger partial charge in [0.05, 0.1) is 0 Å². The number of aliphatic hydroxyl groups is 1. The van der Waals surface area contributed by atoms with Crippen molar-refractivity contribution < 1.29 is 5.11 Å². The minimum Gasteiger partial charge on any atom is -0.396 e. The van der Waals surface area contributed by atoms with Crippen LogP contribution in [0, 0.1) is 17.3 Å². The third kappa shape index (κ3) is 3.71. The lowest BCUT2D eigenvalue weighted by atomic mass is 9.70. The lowest BCUT2D eigenvalue weighted by molar-refractivity contribution is 0.0246. The highest BCUT2D eigenvalue weighted by molar-refractivity contribution is 4.88. The second-order valence-electron chi connectivity index (χ2n) is 7.17. The average molecular weight is 253 g/mol. The summed E-state index contributed by atoms with van der Waals surface area (Å²) >= 11 is 0. The summed E-state index contributed by atoms with van der Waals surface area (Å²) in [6.07, 6.45) is 9.22. The molecule has 18 heavy (non-hydrogen) atoms. The van der Waals surface area contributed by atoms with Crippen LogP contribution in [0.2, 0.25) is 0 Å². The third-order valence-corrected chi connectivity index (χ3v) is 5.19. The SMILES string of the molecule is CC1CCCN(CC2(CO)CCCC(C)C2)CC1. The number of aliphatic hydroxyl groups excluding tert-OH is 1. The van der Waals surface area contributed by atoms with Crippen molar-refractivity contribution >= 4 is 0 Å². The van der Waals surface area contributed by atoms with Gasteiger partial charge in [-0.3, -0.25) is 0 Å². The summed E-state index contributed by atoms with van der Waals surface area (Å²) in [5, 5.41) is 9.89. The molecule has 1 saturated carbocycles. The van der Waals surface area contributed by atoms with Crippen LogP contribution < -0.4 is 0 Å². The number of nitrogens with zero attached hydrogens (tertiary/aromatic N) is 1. The predicted molar refractivity (Wildman–Crippen MR) is 76.6 cm³/mol. The highest BCUT2D eigenvalue weighted by Crippen LogP contribution is 2.40. The maximum Gasteiger partial charge on any atom is 0.0499 e. The van der Waals surface area contributed by atoms with Gasteiger partial charge in [-0.1, -0.05) is 26.7 Å². The van der Waals surface area contributed by atoms with Crippen molar-refractivity contribution in [1.82, 2.24) is 4.90 Å². The zero-order valence-corrected chi connectivity index (χ0v) is 12.3. The molecule has 106 valence electrons. The van der Waals surface area contributed by atoms with Crippen LogP contribution in [-0.2, 0) is 0 Å². The van der Waals surface area contributed by atoms with Crippen molar-refractivity contribution in [3.63, 3.8) is 0 Å². The number of hydrogen-bond acceptors (Lipinski definition) is 2. The molecule has 0 aromatic heterocycles. The Balaban J connectivity index is 1.92. The van der Waals surface area contributed by atoms with Gasteiger partial charge in [-0.15, -0.1) is 0 Å². The standard InChI is InChI=1S/C16H31NO/c1-14-6-4-9-17(10-7-14)12-16(13-18)8-3-5-15(2)11-16/h14-15,18H,3-13H2,1-2H3. The third-order valence-electron chi connectivity index (χ3n) is 5.19. The van der Waals surface area contributed by atoms with Crippen molar-refractivity contribution in [3.05, 3.63) is 0 Å². The molecule has 2 rings (SSSR count). The van der Waals surface area contributed by atoms with Crippen molar-refractivity contribution in [1.29, 1.82) is 0 Å². The van der Waals surface area contributed by atoms with E-state index in [4.69, 9.17) is 0 Å². The van der Waals surface area contributed by atoms with E-state index in [1.165, 1.54) is 58.0 Å². The number of likely N-dealkylation sites (tertiary alicyclic amines) is 1. The van der Waals surface area contributed by atoms with E-state index in [2.05, 4.69) is 18.7 Å². The molecule has 3 atom stereocenters. The molecule has 0 radical (unpaired) electrons. The van der Waals surface area contributed by atoms with E-state index < -0.39 is 0 Å². The maximum absolute atomic E-state index is 9.89. The van der Waals surface area contributed by atoms with Gasteiger partial charge in [0.2, 0.25) is 0 Å². The van der Waals surface area contributed by atoms with Crippen molar-refractivity contribution in [2.24, 2.45) is 17.3 Å². The summed E-state index contributed by atoms with van der Waals surface area (Å²) in [4.78, 5) is 2.64. The Morgan fingerprint density at radius 3 is 2.56 bits per heavy atom. The molecule has 1 aliphatic carbocycles. The van der Waals surface area contributed by atoms with E-state index >= 15 is 0 Å². The summed E-state index contributed by atoms with van der Waals surface area (Å²) in [5.74, 6) is 1.70. The molecule has 2 nitrogen and oxygen atoms in total.